The molecule has 2 N–H and O–H groups in total. The molecule has 1 aliphatic carbocycles. The Morgan fingerprint density at radius 2 is 1.95 bits per heavy atom. The normalized spacial score (nSPS) is 18.1. The van der Waals surface area contributed by atoms with E-state index in [4.69, 9.17) is 0 Å². The summed E-state index contributed by atoms with van der Waals surface area (Å²) >= 11 is 0. The first kappa shape index (κ1) is 17.0. The van der Waals surface area contributed by atoms with Gasteiger partial charge in [-0.3, -0.25) is 4.79 Å². The Morgan fingerprint density at radius 1 is 1.27 bits per heavy atom. The highest BCUT2D eigenvalue weighted by Gasteiger charge is 2.25. The van der Waals surface area contributed by atoms with Crippen molar-refractivity contribution < 1.29 is 9.90 Å². The van der Waals surface area contributed by atoms with Gasteiger partial charge in [0.25, 0.3) is 0 Å². The van der Waals surface area contributed by atoms with E-state index in [9.17, 15) is 9.90 Å². The Balaban J connectivity index is 1.75. The van der Waals surface area contributed by atoms with Crippen LogP contribution in [0.15, 0.2) is 30.3 Å². The van der Waals surface area contributed by atoms with E-state index in [0.717, 1.165) is 18.8 Å². The fourth-order valence-corrected chi connectivity index (χ4v) is 3.30. The lowest BCUT2D eigenvalue weighted by Gasteiger charge is -2.28. The van der Waals surface area contributed by atoms with E-state index >= 15 is 0 Å². The van der Waals surface area contributed by atoms with Gasteiger partial charge in [-0.25, -0.2) is 0 Å². The van der Waals surface area contributed by atoms with Gasteiger partial charge in [0.15, 0.2) is 0 Å². The molecule has 122 valence electrons. The van der Waals surface area contributed by atoms with Crippen LogP contribution in [-0.4, -0.2) is 24.2 Å². The Kier molecular flexibility index (Phi) is 6.44. The molecule has 1 aromatic carbocycles. The van der Waals surface area contributed by atoms with Crippen molar-refractivity contribution >= 4 is 5.91 Å². The molecule has 22 heavy (non-hydrogen) atoms. The third-order valence-corrected chi connectivity index (χ3v) is 4.82. The van der Waals surface area contributed by atoms with Gasteiger partial charge < -0.3 is 10.4 Å². The molecule has 1 saturated carbocycles. The van der Waals surface area contributed by atoms with Crippen molar-refractivity contribution in [3.63, 3.8) is 0 Å². The first-order valence-corrected chi connectivity index (χ1v) is 8.53. The van der Waals surface area contributed by atoms with E-state index < -0.39 is 0 Å². The zero-order valence-electron chi connectivity index (χ0n) is 13.7. The van der Waals surface area contributed by atoms with E-state index in [0.29, 0.717) is 13.0 Å². The second kappa shape index (κ2) is 8.33. The third-order valence-electron chi connectivity index (χ3n) is 4.82. The maximum atomic E-state index is 12.0. The Bertz CT molecular complexity index is 454. The molecule has 1 unspecified atom stereocenters. The van der Waals surface area contributed by atoms with Crippen LogP contribution in [0.25, 0.3) is 0 Å². The van der Waals surface area contributed by atoms with Gasteiger partial charge in [0, 0.05) is 18.4 Å². The molecule has 0 radical (unpaired) electrons. The van der Waals surface area contributed by atoms with Gasteiger partial charge in [-0.1, -0.05) is 62.9 Å². The lowest BCUT2D eigenvalue weighted by Crippen LogP contribution is -2.39. The highest BCUT2D eigenvalue weighted by Crippen LogP contribution is 2.28. The van der Waals surface area contributed by atoms with Crippen LogP contribution in [0.4, 0.5) is 0 Å². The van der Waals surface area contributed by atoms with E-state index in [1.807, 2.05) is 25.1 Å². The number of carbonyl (C=O) groups excluding carboxylic acids is 1. The molecule has 1 fully saturated rings. The SMILES string of the molecule is CC(CO)(CNC(=O)CCC1CCCC1)Cc1ccccc1. The predicted molar refractivity (Wildman–Crippen MR) is 89.5 cm³/mol. The quantitative estimate of drug-likeness (QED) is 0.774. The smallest absolute Gasteiger partial charge is 0.220 e. The summed E-state index contributed by atoms with van der Waals surface area (Å²) < 4.78 is 0. The van der Waals surface area contributed by atoms with Gasteiger partial charge in [0.05, 0.1) is 6.61 Å². The van der Waals surface area contributed by atoms with Gasteiger partial charge in [-0.2, -0.15) is 0 Å². The standard InChI is InChI=1S/C19H29NO2/c1-19(15-21,13-17-9-3-2-4-10-17)14-20-18(22)12-11-16-7-5-6-8-16/h2-4,9-10,16,21H,5-8,11-15H2,1H3,(H,20,22). The van der Waals surface area contributed by atoms with Gasteiger partial charge >= 0.3 is 0 Å². The summed E-state index contributed by atoms with van der Waals surface area (Å²) in [6, 6.07) is 10.1. The number of rotatable bonds is 8. The summed E-state index contributed by atoms with van der Waals surface area (Å²) in [6.45, 7) is 2.63. The second-order valence-corrected chi connectivity index (χ2v) is 7.10. The molecule has 1 amide bonds. The minimum absolute atomic E-state index is 0.0742. The summed E-state index contributed by atoms with van der Waals surface area (Å²) in [4.78, 5) is 12.0. The largest absolute Gasteiger partial charge is 0.396 e. The maximum absolute atomic E-state index is 12.0. The average molecular weight is 303 g/mol. The fourth-order valence-electron chi connectivity index (χ4n) is 3.30. The van der Waals surface area contributed by atoms with Crippen LogP contribution in [0.5, 0.6) is 0 Å². The van der Waals surface area contributed by atoms with Crippen LogP contribution in [0.1, 0.15) is 51.0 Å². The summed E-state index contributed by atoms with van der Waals surface area (Å²) in [5.74, 6) is 0.874. The molecular formula is C19H29NO2. The number of amides is 1. The second-order valence-electron chi connectivity index (χ2n) is 7.10. The molecule has 3 heteroatoms. The minimum atomic E-state index is -0.301. The average Bonchev–Trinajstić information content (AvgIpc) is 3.05. The van der Waals surface area contributed by atoms with Gasteiger partial charge in [-0.15, -0.1) is 0 Å². The molecule has 0 heterocycles. The predicted octanol–water partition coefficient (Wildman–Crippen LogP) is 3.31. The number of nitrogens with one attached hydrogen (secondary N) is 1. The van der Waals surface area contributed by atoms with E-state index in [2.05, 4.69) is 17.4 Å². The van der Waals surface area contributed by atoms with Crippen molar-refractivity contribution in [2.75, 3.05) is 13.2 Å². The number of hydrogen-bond donors (Lipinski definition) is 2. The zero-order valence-corrected chi connectivity index (χ0v) is 13.7. The first-order chi connectivity index (χ1) is 10.6. The Labute approximate surface area is 134 Å². The number of aliphatic hydroxyl groups excluding tert-OH is 1. The molecule has 0 aromatic heterocycles. The molecule has 1 aromatic rings. The molecule has 2 rings (SSSR count). The molecule has 1 atom stereocenters. The molecule has 1 aliphatic rings. The first-order valence-electron chi connectivity index (χ1n) is 8.53. The molecule has 0 saturated heterocycles. The number of benzene rings is 1. The molecule has 3 nitrogen and oxygen atoms in total. The molecular weight excluding hydrogens is 274 g/mol. The zero-order chi connectivity index (χ0) is 15.8. The van der Waals surface area contributed by atoms with Crippen molar-refractivity contribution in [1.29, 1.82) is 0 Å². The third kappa shape index (κ3) is 5.45. The number of hydrogen-bond acceptors (Lipinski definition) is 2. The van der Waals surface area contributed by atoms with Crippen LogP contribution in [0.3, 0.4) is 0 Å². The van der Waals surface area contributed by atoms with Crippen LogP contribution >= 0.6 is 0 Å². The number of aliphatic hydroxyl groups is 1. The summed E-state index contributed by atoms with van der Waals surface area (Å²) in [7, 11) is 0. The van der Waals surface area contributed by atoms with Crippen molar-refractivity contribution in [2.45, 2.75) is 51.9 Å². The fraction of sp³-hybridized carbons (Fsp3) is 0.632. The highest BCUT2D eigenvalue weighted by molar-refractivity contribution is 5.75. The highest BCUT2D eigenvalue weighted by atomic mass is 16.3. The molecule has 0 aliphatic heterocycles. The molecule has 0 bridgehead atoms. The van der Waals surface area contributed by atoms with Gasteiger partial charge in [0.2, 0.25) is 5.91 Å². The van der Waals surface area contributed by atoms with Gasteiger partial charge in [-0.05, 0) is 24.3 Å². The monoisotopic (exact) mass is 303 g/mol. The summed E-state index contributed by atoms with van der Waals surface area (Å²) in [6.07, 6.45) is 7.63. The van der Waals surface area contributed by atoms with Crippen molar-refractivity contribution in [3.8, 4) is 0 Å². The lowest BCUT2D eigenvalue weighted by atomic mass is 9.84. The van der Waals surface area contributed by atoms with Crippen LogP contribution in [0, 0.1) is 11.3 Å². The summed E-state index contributed by atoms with van der Waals surface area (Å²) in [5.41, 5.74) is 0.893. The van der Waals surface area contributed by atoms with E-state index in [-0.39, 0.29) is 17.9 Å². The van der Waals surface area contributed by atoms with Crippen molar-refractivity contribution in [3.05, 3.63) is 35.9 Å². The topological polar surface area (TPSA) is 49.3 Å². The Morgan fingerprint density at radius 3 is 2.59 bits per heavy atom. The van der Waals surface area contributed by atoms with Crippen LogP contribution < -0.4 is 5.32 Å². The van der Waals surface area contributed by atoms with E-state index in [1.165, 1.54) is 31.2 Å². The minimum Gasteiger partial charge on any atom is -0.396 e. The van der Waals surface area contributed by atoms with E-state index in [1.54, 1.807) is 0 Å². The van der Waals surface area contributed by atoms with Crippen LogP contribution in [-0.2, 0) is 11.2 Å². The Hall–Kier alpha value is -1.35. The van der Waals surface area contributed by atoms with Crippen LogP contribution in [0.2, 0.25) is 0 Å². The van der Waals surface area contributed by atoms with Crippen molar-refractivity contribution in [2.24, 2.45) is 11.3 Å². The summed E-state index contributed by atoms with van der Waals surface area (Å²) in [5, 5.41) is 12.7. The van der Waals surface area contributed by atoms with Crippen molar-refractivity contribution in [1.82, 2.24) is 5.32 Å². The number of carbonyl (C=O) groups is 1. The maximum Gasteiger partial charge on any atom is 0.220 e. The lowest BCUT2D eigenvalue weighted by molar-refractivity contribution is -0.122. The van der Waals surface area contributed by atoms with Gasteiger partial charge in [0.1, 0.15) is 0 Å². The molecule has 0 spiro atoms.